The number of hydrogen-bond acceptors (Lipinski definition) is 4. The van der Waals surface area contributed by atoms with Crippen molar-refractivity contribution < 1.29 is 0 Å². The molecule has 2 heterocycles. The fourth-order valence-electron chi connectivity index (χ4n) is 1.70. The number of aryl methyl sites for hydroxylation is 1. The molecule has 0 spiro atoms. The number of pyridine rings is 2. The molecular formula is C14H14N4. The highest BCUT2D eigenvalue weighted by molar-refractivity contribution is 5.53. The van der Waals surface area contributed by atoms with Gasteiger partial charge in [0.15, 0.2) is 0 Å². The van der Waals surface area contributed by atoms with Gasteiger partial charge < -0.3 is 5.32 Å². The average molecular weight is 238 g/mol. The van der Waals surface area contributed by atoms with Gasteiger partial charge >= 0.3 is 0 Å². The Morgan fingerprint density at radius 1 is 1.22 bits per heavy atom. The summed E-state index contributed by atoms with van der Waals surface area (Å²) >= 11 is 0. The minimum atomic E-state index is 0.0781. The molecule has 0 amide bonds. The maximum atomic E-state index is 9.05. The Morgan fingerprint density at radius 2 is 1.94 bits per heavy atom. The zero-order chi connectivity index (χ0) is 13.0. The number of nitrogens with zero attached hydrogens (tertiary/aromatic N) is 3. The molecule has 0 aliphatic heterocycles. The van der Waals surface area contributed by atoms with Crippen molar-refractivity contribution in [3.05, 3.63) is 53.5 Å². The maximum absolute atomic E-state index is 9.05. The molecule has 4 nitrogen and oxygen atoms in total. The Hall–Kier alpha value is -2.41. The van der Waals surface area contributed by atoms with Crippen LogP contribution < -0.4 is 5.32 Å². The summed E-state index contributed by atoms with van der Waals surface area (Å²) in [5.41, 5.74) is 2.55. The number of rotatable bonds is 3. The van der Waals surface area contributed by atoms with Gasteiger partial charge in [-0.1, -0.05) is 0 Å². The lowest BCUT2D eigenvalue weighted by Gasteiger charge is -2.15. The number of nitrogens with one attached hydrogen (secondary N) is 1. The summed E-state index contributed by atoms with van der Waals surface area (Å²) in [4.78, 5) is 8.35. The quantitative estimate of drug-likeness (QED) is 0.893. The van der Waals surface area contributed by atoms with Crippen LogP contribution in [0.1, 0.15) is 29.8 Å². The molecule has 90 valence electrons. The van der Waals surface area contributed by atoms with E-state index in [0.717, 1.165) is 11.3 Å². The molecule has 2 aromatic rings. The van der Waals surface area contributed by atoms with Crippen molar-refractivity contribution in [1.29, 1.82) is 5.26 Å². The van der Waals surface area contributed by atoms with Gasteiger partial charge in [0.05, 0.1) is 11.6 Å². The second kappa shape index (κ2) is 5.28. The van der Waals surface area contributed by atoms with Crippen LogP contribution in [0.5, 0.6) is 0 Å². The fraction of sp³-hybridized carbons (Fsp3) is 0.214. The Bertz CT molecular complexity index is 572. The molecule has 0 aliphatic rings. The summed E-state index contributed by atoms with van der Waals surface area (Å²) in [7, 11) is 0. The van der Waals surface area contributed by atoms with Gasteiger partial charge in [0, 0.05) is 18.1 Å². The van der Waals surface area contributed by atoms with Gasteiger partial charge in [-0.2, -0.15) is 5.26 Å². The van der Waals surface area contributed by atoms with E-state index in [-0.39, 0.29) is 6.04 Å². The molecule has 4 heteroatoms. The lowest BCUT2D eigenvalue weighted by Crippen LogP contribution is -2.09. The predicted octanol–water partition coefficient (Wildman–Crippen LogP) is 2.83. The first-order valence-corrected chi connectivity index (χ1v) is 5.75. The van der Waals surface area contributed by atoms with Gasteiger partial charge in [0.2, 0.25) is 0 Å². The number of anilines is 1. The number of hydrogen-bond donors (Lipinski definition) is 1. The molecule has 0 radical (unpaired) electrons. The van der Waals surface area contributed by atoms with Crippen LogP contribution in [0.25, 0.3) is 0 Å². The fourth-order valence-corrected chi connectivity index (χ4v) is 1.70. The van der Waals surface area contributed by atoms with Crippen LogP contribution in [0, 0.1) is 18.3 Å². The topological polar surface area (TPSA) is 61.6 Å². The highest BCUT2D eigenvalue weighted by Gasteiger charge is 2.09. The highest BCUT2D eigenvalue weighted by atomic mass is 15.0. The Balaban J connectivity index is 2.24. The number of aromatic nitrogens is 2. The third kappa shape index (κ3) is 2.64. The van der Waals surface area contributed by atoms with Crippen molar-refractivity contribution >= 4 is 5.82 Å². The van der Waals surface area contributed by atoms with Gasteiger partial charge in [-0.3, -0.25) is 4.98 Å². The van der Waals surface area contributed by atoms with E-state index in [1.807, 2.05) is 32.0 Å². The molecule has 0 bridgehead atoms. The second-order valence-electron chi connectivity index (χ2n) is 4.11. The molecule has 18 heavy (non-hydrogen) atoms. The normalized spacial score (nSPS) is 11.6. The predicted molar refractivity (Wildman–Crippen MR) is 70.0 cm³/mol. The zero-order valence-corrected chi connectivity index (χ0v) is 10.4. The summed E-state index contributed by atoms with van der Waals surface area (Å²) in [6.07, 6.45) is 3.50. The van der Waals surface area contributed by atoms with Crippen molar-refractivity contribution in [2.75, 3.05) is 5.32 Å². The van der Waals surface area contributed by atoms with Gasteiger partial charge in [-0.25, -0.2) is 4.98 Å². The highest BCUT2D eigenvalue weighted by Crippen LogP contribution is 2.20. The largest absolute Gasteiger partial charge is 0.362 e. The van der Waals surface area contributed by atoms with Gasteiger partial charge in [0.1, 0.15) is 11.9 Å². The Labute approximate surface area is 106 Å². The monoisotopic (exact) mass is 238 g/mol. The molecule has 0 aliphatic carbocycles. The van der Waals surface area contributed by atoms with Crippen molar-refractivity contribution in [1.82, 2.24) is 9.97 Å². The van der Waals surface area contributed by atoms with Crippen molar-refractivity contribution in [3.8, 4) is 6.07 Å². The summed E-state index contributed by atoms with van der Waals surface area (Å²) in [5.74, 6) is 0.627. The van der Waals surface area contributed by atoms with E-state index in [2.05, 4.69) is 21.4 Å². The van der Waals surface area contributed by atoms with Crippen molar-refractivity contribution in [3.63, 3.8) is 0 Å². The zero-order valence-electron chi connectivity index (χ0n) is 10.4. The maximum Gasteiger partial charge on any atom is 0.144 e. The molecule has 0 aromatic carbocycles. The SMILES string of the molecule is Cc1ccc(C#N)c(N[C@H](C)c2ccncc2)n1. The summed E-state index contributed by atoms with van der Waals surface area (Å²) in [5, 5.41) is 12.3. The summed E-state index contributed by atoms with van der Waals surface area (Å²) < 4.78 is 0. The minimum Gasteiger partial charge on any atom is -0.362 e. The number of nitriles is 1. The first kappa shape index (κ1) is 12.1. The average Bonchev–Trinajstić information content (AvgIpc) is 2.40. The third-order valence-electron chi connectivity index (χ3n) is 2.71. The van der Waals surface area contributed by atoms with Gasteiger partial charge in [-0.05, 0) is 43.7 Å². The molecule has 1 atom stereocenters. The summed E-state index contributed by atoms with van der Waals surface area (Å²) in [6, 6.07) is 9.72. The first-order valence-electron chi connectivity index (χ1n) is 5.75. The van der Waals surface area contributed by atoms with Crippen LogP contribution >= 0.6 is 0 Å². The molecule has 1 N–H and O–H groups in total. The van der Waals surface area contributed by atoms with E-state index >= 15 is 0 Å². The van der Waals surface area contributed by atoms with Crippen molar-refractivity contribution in [2.24, 2.45) is 0 Å². The van der Waals surface area contributed by atoms with Crippen LogP contribution in [0.15, 0.2) is 36.7 Å². The van der Waals surface area contributed by atoms with Gasteiger partial charge in [0.25, 0.3) is 0 Å². The lowest BCUT2D eigenvalue weighted by atomic mass is 10.1. The molecule has 2 rings (SSSR count). The van der Waals surface area contributed by atoms with Crippen LogP contribution in [-0.4, -0.2) is 9.97 Å². The molecule has 0 saturated heterocycles. The molecule has 2 aromatic heterocycles. The van der Waals surface area contributed by atoms with Crippen molar-refractivity contribution in [2.45, 2.75) is 19.9 Å². The van der Waals surface area contributed by atoms with E-state index in [0.29, 0.717) is 11.4 Å². The lowest BCUT2D eigenvalue weighted by molar-refractivity contribution is 0.867. The van der Waals surface area contributed by atoms with Crippen LogP contribution in [0.4, 0.5) is 5.82 Å². The molecule has 0 saturated carbocycles. The van der Waals surface area contributed by atoms with Gasteiger partial charge in [-0.15, -0.1) is 0 Å². The minimum absolute atomic E-state index is 0.0781. The Morgan fingerprint density at radius 3 is 2.61 bits per heavy atom. The Kier molecular flexibility index (Phi) is 3.54. The van der Waals surface area contributed by atoms with E-state index in [4.69, 9.17) is 5.26 Å². The van der Waals surface area contributed by atoms with Crippen LogP contribution in [0.3, 0.4) is 0 Å². The van der Waals surface area contributed by atoms with Crippen LogP contribution in [0.2, 0.25) is 0 Å². The summed E-state index contributed by atoms with van der Waals surface area (Å²) in [6.45, 7) is 3.93. The smallest absolute Gasteiger partial charge is 0.144 e. The van der Waals surface area contributed by atoms with Crippen LogP contribution in [-0.2, 0) is 0 Å². The first-order chi connectivity index (χ1) is 8.70. The molecule has 0 unspecified atom stereocenters. The van der Waals surface area contributed by atoms with E-state index in [9.17, 15) is 0 Å². The van der Waals surface area contributed by atoms with E-state index in [1.165, 1.54) is 0 Å². The van der Waals surface area contributed by atoms with E-state index < -0.39 is 0 Å². The third-order valence-corrected chi connectivity index (χ3v) is 2.71. The molecule has 0 fully saturated rings. The standard InChI is InChI=1S/C14H14N4/c1-10-3-4-13(9-15)14(17-10)18-11(2)12-5-7-16-8-6-12/h3-8,11H,1-2H3,(H,17,18)/t11-/m1/s1. The second-order valence-corrected chi connectivity index (χ2v) is 4.11. The van der Waals surface area contributed by atoms with E-state index in [1.54, 1.807) is 18.5 Å². The molecular weight excluding hydrogens is 224 g/mol.